The van der Waals surface area contributed by atoms with Crippen LogP contribution in [0.15, 0.2) is 36.4 Å². The van der Waals surface area contributed by atoms with Crippen LogP contribution in [0.2, 0.25) is 10.0 Å². The van der Waals surface area contributed by atoms with Gasteiger partial charge in [-0.2, -0.15) is 0 Å². The van der Waals surface area contributed by atoms with Crippen LogP contribution < -0.4 is 20.3 Å². The van der Waals surface area contributed by atoms with Crippen LogP contribution in [0.3, 0.4) is 0 Å². The second-order valence-electron chi connectivity index (χ2n) is 4.79. The zero-order valence-electron chi connectivity index (χ0n) is 12.4. The first-order valence-electron chi connectivity index (χ1n) is 6.72. The lowest BCUT2D eigenvalue weighted by Gasteiger charge is -2.13. The summed E-state index contributed by atoms with van der Waals surface area (Å²) in [5.41, 5.74) is -0.894. The molecule has 0 aliphatic heterocycles. The van der Waals surface area contributed by atoms with Crippen LogP contribution in [0.25, 0.3) is 0 Å². The molecule has 0 fully saturated rings. The molecule has 25 heavy (non-hydrogen) atoms. The van der Waals surface area contributed by atoms with Crippen LogP contribution >= 0.6 is 23.2 Å². The number of hydrogen-bond donors (Lipinski definition) is 1. The number of carboxylic acids is 2. The number of benzene rings is 2. The highest BCUT2D eigenvalue weighted by Crippen LogP contribution is 2.27. The molecule has 0 atom stereocenters. The zero-order valence-corrected chi connectivity index (χ0v) is 13.9. The van der Waals surface area contributed by atoms with Crippen LogP contribution in [0.1, 0.15) is 20.7 Å². The standard InChI is InChI=1S/C16H11Cl2NO6/c17-10-1-2-13(12(18)6-10)25-7-14(20)19-11-4-8(15(21)22)3-9(5-11)16(23)24/h1-6H,7H2,(H,19,20)(H,21,22)(H,23,24)/p-2. The summed E-state index contributed by atoms with van der Waals surface area (Å²) in [6.45, 7) is -0.447. The molecule has 0 aromatic heterocycles. The van der Waals surface area contributed by atoms with E-state index in [-0.39, 0.29) is 16.5 Å². The van der Waals surface area contributed by atoms with E-state index in [1.165, 1.54) is 18.2 Å². The fourth-order valence-electron chi connectivity index (χ4n) is 1.87. The van der Waals surface area contributed by atoms with Crippen molar-refractivity contribution in [1.29, 1.82) is 0 Å². The predicted molar refractivity (Wildman–Crippen MR) is 85.7 cm³/mol. The summed E-state index contributed by atoms with van der Waals surface area (Å²) in [6, 6.07) is 7.40. The second-order valence-corrected chi connectivity index (χ2v) is 5.63. The highest BCUT2D eigenvalue weighted by Gasteiger charge is 2.09. The maximum absolute atomic E-state index is 11.9. The minimum Gasteiger partial charge on any atom is -0.545 e. The fraction of sp³-hybridized carbons (Fsp3) is 0.0625. The van der Waals surface area contributed by atoms with Gasteiger partial charge in [0.05, 0.1) is 17.0 Å². The van der Waals surface area contributed by atoms with Gasteiger partial charge >= 0.3 is 0 Å². The van der Waals surface area contributed by atoms with Gasteiger partial charge < -0.3 is 29.9 Å². The average molecular weight is 382 g/mol. The zero-order chi connectivity index (χ0) is 18.6. The van der Waals surface area contributed by atoms with Crippen LogP contribution in [0.5, 0.6) is 5.75 Å². The van der Waals surface area contributed by atoms with Gasteiger partial charge in [0.25, 0.3) is 5.91 Å². The molecule has 1 amide bonds. The summed E-state index contributed by atoms with van der Waals surface area (Å²) in [5.74, 6) is -3.63. The SMILES string of the molecule is O=C(COc1ccc(Cl)cc1Cl)Nc1cc(C(=O)[O-])cc(C(=O)[O-])c1. The molecular formula is C16H9Cl2NO6-2. The highest BCUT2D eigenvalue weighted by molar-refractivity contribution is 6.35. The van der Waals surface area contributed by atoms with E-state index in [4.69, 9.17) is 27.9 Å². The van der Waals surface area contributed by atoms with Gasteiger partial charge in [0.15, 0.2) is 6.61 Å². The molecule has 0 heterocycles. The summed E-state index contributed by atoms with van der Waals surface area (Å²) >= 11 is 11.6. The lowest BCUT2D eigenvalue weighted by Crippen LogP contribution is -2.27. The molecule has 0 aliphatic rings. The van der Waals surface area contributed by atoms with Crippen LogP contribution in [-0.2, 0) is 4.79 Å². The van der Waals surface area contributed by atoms with Gasteiger partial charge in [0, 0.05) is 10.7 Å². The molecule has 0 saturated carbocycles. The normalized spacial score (nSPS) is 10.2. The Morgan fingerprint density at radius 3 is 2.08 bits per heavy atom. The number of halogens is 2. The summed E-state index contributed by atoms with van der Waals surface area (Å²) < 4.78 is 5.22. The Bertz CT molecular complexity index is 820. The maximum Gasteiger partial charge on any atom is 0.262 e. The Morgan fingerprint density at radius 1 is 0.960 bits per heavy atom. The number of aromatic carboxylic acids is 2. The summed E-state index contributed by atoms with van der Waals surface area (Å²) in [5, 5.41) is 24.7. The minimum absolute atomic E-state index is 0.0586. The molecule has 0 unspecified atom stereocenters. The van der Waals surface area contributed by atoms with E-state index in [1.54, 1.807) is 0 Å². The Labute approximate surface area is 151 Å². The molecular weight excluding hydrogens is 373 g/mol. The number of ether oxygens (including phenoxy) is 1. The molecule has 1 N–H and O–H groups in total. The molecule has 130 valence electrons. The Balaban J connectivity index is 2.09. The molecule has 2 aromatic rings. The quantitative estimate of drug-likeness (QED) is 0.787. The van der Waals surface area contributed by atoms with Crippen molar-refractivity contribution in [2.75, 3.05) is 11.9 Å². The van der Waals surface area contributed by atoms with E-state index >= 15 is 0 Å². The monoisotopic (exact) mass is 381 g/mol. The number of carbonyl (C=O) groups is 3. The molecule has 0 bridgehead atoms. The Morgan fingerprint density at radius 2 is 1.56 bits per heavy atom. The lowest BCUT2D eigenvalue weighted by atomic mass is 10.1. The number of carboxylic acid groups (broad SMARTS) is 2. The molecule has 0 radical (unpaired) electrons. The third kappa shape index (κ3) is 5.10. The van der Waals surface area contributed by atoms with Crippen molar-refractivity contribution in [2.45, 2.75) is 0 Å². The van der Waals surface area contributed by atoms with E-state index in [2.05, 4.69) is 5.32 Å². The first-order valence-corrected chi connectivity index (χ1v) is 7.47. The van der Waals surface area contributed by atoms with E-state index in [0.717, 1.165) is 18.2 Å². The van der Waals surface area contributed by atoms with Gasteiger partial charge in [-0.1, -0.05) is 23.2 Å². The number of anilines is 1. The van der Waals surface area contributed by atoms with Crippen molar-refractivity contribution in [3.8, 4) is 5.75 Å². The van der Waals surface area contributed by atoms with Crippen molar-refractivity contribution in [1.82, 2.24) is 0 Å². The van der Waals surface area contributed by atoms with Gasteiger partial charge in [-0.25, -0.2) is 0 Å². The number of amides is 1. The largest absolute Gasteiger partial charge is 0.545 e. The minimum atomic E-state index is -1.59. The lowest BCUT2D eigenvalue weighted by molar-refractivity contribution is -0.255. The van der Waals surface area contributed by atoms with E-state index in [9.17, 15) is 24.6 Å². The van der Waals surface area contributed by atoms with E-state index < -0.39 is 35.6 Å². The highest BCUT2D eigenvalue weighted by atomic mass is 35.5. The van der Waals surface area contributed by atoms with Crippen molar-refractivity contribution >= 4 is 46.7 Å². The van der Waals surface area contributed by atoms with Gasteiger partial charge in [-0.3, -0.25) is 4.79 Å². The van der Waals surface area contributed by atoms with Gasteiger partial charge in [0.2, 0.25) is 0 Å². The van der Waals surface area contributed by atoms with Gasteiger partial charge in [0.1, 0.15) is 5.75 Å². The number of carbonyl (C=O) groups excluding carboxylic acids is 3. The molecule has 2 aromatic carbocycles. The van der Waals surface area contributed by atoms with E-state index in [1.807, 2.05) is 0 Å². The number of hydrogen-bond acceptors (Lipinski definition) is 6. The predicted octanol–water partition coefficient (Wildman–Crippen LogP) is 0.738. The molecule has 0 aliphatic carbocycles. The summed E-state index contributed by atoms with van der Waals surface area (Å²) in [7, 11) is 0. The Hall–Kier alpha value is -2.77. The van der Waals surface area contributed by atoms with Crippen molar-refractivity contribution < 1.29 is 29.3 Å². The maximum atomic E-state index is 11.9. The molecule has 0 spiro atoms. The van der Waals surface area contributed by atoms with Crippen molar-refractivity contribution in [3.63, 3.8) is 0 Å². The number of nitrogens with one attached hydrogen (secondary N) is 1. The summed E-state index contributed by atoms with van der Waals surface area (Å²) in [4.78, 5) is 33.7. The Kier molecular flexibility index (Phi) is 5.84. The second kappa shape index (κ2) is 7.87. The fourth-order valence-corrected chi connectivity index (χ4v) is 2.33. The third-order valence-electron chi connectivity index (χ3n) is 2.94. The average Bonchev–Trinajstić information content (AvgIpc) is 2.53. The first-order chi connectivity index (χ1) is 11.8. The van der Waals surface area contributed by atoms with Gasteiger partial charge in [-0.15, -0.1) is 0 Å². The topological polar surface area (TPSA) is 119 Å². The molecule has 0 saturated heterocycles. The first kappa shape index (κ1) is 18.6. The van der Waals surface area contributed by atoms with Gasteiger partial charge in [-0.05, 0) is 47.5 Å². The molecule has 2 rings (SSSR count). The summed E-state index contributed by atoms with van der Waals surface area (Å²) in [6.07, 6.45) is 0. The number of rotatable bonds is 6. The van der Waals surface area contributed by atoms with Crippen LogP contribution in [0.4, 0.5) is 5.69 Å². The molecule has 9 heteroatoms. The third-order valence-corrected chi connectivity index (χ3v) is 3.47. The molecule has 7 nitrogen and oxygen atoms in total. The van der Waals surface area contributed by atoms with E-state index in [0.29, 0.717) is 5.02 Å². The van der Waals surface area contributed by atoms with Crippen LogP contribution in [0, 0.1) is 0 Å². The van der Waals surface area contributed by atoms with Crippen molar-refractivity contribution in [3.05, 3.63) is 57.6 Å². The smallest absolute Gasteiger partial charge is 0.262 e. The van der Waals surface area contributed by atoms with Crippen molar-refractivity contribution in [2.24, 2.45) is 0 Å². The van der Waals surface area contributed by atoms with Crippen LogP contribution in [-0.4, -0.2) is 24.5 Å².